The van der Waals surface area contributed by atoms with Crippen LogP contribution in [0.15, 0.2) is 12.4 Å². The first kappa shape index (κ1) is 12.1. The maximum atomic E-state index is 12.3. The van der Waals surface area contributed by atoms with E-state index in [1.54, 1.807) is 0 Å². The standard InChI is InChI=1S/C10H13F3N4/c1-7-6-17(3-2-14-7)9-5-15-8(4-16-9)10(11,12)13/h4-5,7,14H,2-3,6H2,1H3/t7-/m1/s1. The molecule has 0 unspecified atom stereocenters. The van der Waals surface area contributed by atoms with E-state index in [0.717, 1.165) is 25.8 Å². The number of hydrogen-bond acceptors (Lipinski definition) is 4. The molecule has 0 spiro atoms. The Hall–Kier alpha value is -1.37. The SMILES string of the molecule is C[C@@H]1CN(c2cnc(C(F)(F)F)cn2)CCN1. The van der Waals surface area contributed by atoms with Crippen LogP contribution in [0.25, 0.3) is 0 Å². The van der Waals surface area contributed by atoms with Crippen molar-refractivity contribution in [2.45, 2.75) is 19.1 Å². The smallest absolute Gasteiger partial charge is 0.353 e. The quantitative estimate of drug-likeness (QED) is 0.810. The zero-order valence-electron chi connectivity index (χ0n) is 9.33. The molecular formula is C10H13F3N4. The van der Waals surface area contributed by atoms with E-state index in [9.17, 15) is 13.2 Å². The fraction of sp³-hybridized carbons (Fsp3) is 0.600. The highest BCUT2D eigenvalue weighted by Crippen LogP contribution is 2.27. The molecule has 4 nitrogen and oxygen atoms in total. The van der Waals surface area contributed by atoms with Gasteiger partial charge in [0.2, 0.25) is 0 Å². The molecular weight excluding hydrogens is 233 g/mol. The van der Waals surface area contributed by atoms with Crippen molar-refractivity contribution in [3.8, 4) is 0 Å². The monoisotopic (exact) mass is 246 g/mol. The summed E-state index contributed by atoms with van der Waals surface area (Å²) in [5, 5.41) is 3.25. The van der Waals surface area contributed by atoms with E-state index in [1.165, 1.54) is 6.20 Å². The molecule has 2 rings (SSSR count). The Kier molecular flexibility index (Phi) is 3.19. The van der Waals surface area contributed by atoms with Crippen LogP contribution < -0.4 is 10.2 Å². The molecule has 1 aliphatic rings. The summed E-state index contributed by atoms with van der Waals surface area (Å²) in [6.45, 7) is 4.26. The van der Waals surface area contributed by atoms with Crippen molar-refractivity contribution < 1.29 is 13.2 Å². The van der Waals surface area contributed by atoms with Crippen LogP contribution in [-0.4, -0.2) is 35.6 Å². The summed E-state index contributed by atoms with van der Waals surface area (Å²) < 4.78 is 36.9. The van der Waals surface area contributed by atoms with E-state index in [0.29, 0.717) is 11.9 Å². The molecule has 1 aliphatic heterocycles. The Morgan fingerprint density at radius 2 is 2.12 bits per heavy atom. The summed E-state index contributed by atoms with van der Waals surface area (Å²) >= 11 is 0. The molecule has 1 N–H and O–H groups in total. The first-order valence-electron chi connectivity index (χ1n) is 5.34. The van der Waals surface area contributed by atoms with E-state index >= 15 is 0 Å². The van der Waals surface area contributed by atoms with Gasteiger partial charge in [0.15, 0.2) is 5.69 Å². The number of rotatable bonds is 1. The second-order valence-electron chi connectivity index (χ2n) is 4.06. The minimum Gasteiger partial charge on any atom is -0.353 e. The molecule has 94 valence electrons. The molecule has 1 fully saturated rings. The molecule has 0 radical (unpaired) electrons. The van der Waals surface area contributed by atoms with E-state index in [1.807, 2.05) is 11.8 Å². The Labute approximate surface area is 96.9 Å². The van der Waals surface area contributed by atoms with E-state index < -0.39 is 11.9 Å². The highest BCUT2D eigenvalue weighted by Gasteiger charge is 2.33. The first-order valence-corrected chi connectivity index (χ1v) is 5.34. The third kappa shape index (κ3) is 2.85. The minimum atomic E-state index is -4.43. The molecule has 0 aromatic carbocycles. The summed E-state index contributed by atoms with van der Waals surface area (Å²) in [6.07, 6.45) is -2.47. The molecule has 17 heavy (non-hydrogen) atoms. The third-order valence-corrected chi connectivity index (χ3v) is 2.62. The van der Waals surface area contributed by atoms with Crippen molar-refractivity contribution in [2.75, 3.05) is 24.5 Å². The van der Waals surface area contributed by atoms with E-state index in [4.69, 9.17) is 0 Å². The maximum absolute atomic E-state index is 12.3. The first-order chi connectivity index (χ1) is 7.97. The van der Waals surface area contributed by atoms with Gasteiger partial charge in [0.05, 0.1) is 12.4 Å². The zero-order chi connectivity index (χ0) is 12.5. The molecule has 1 saturated heterocycles. The molecule has 0 bridgehead atoms. The number of aromatic nitrogens is 2. The van der Waals surface area contributed by atoms with Gasteiger partial charge in [-0.05, 0) is 6.92 Å². The van der Waals surface area contributed by atoms with Gasteiger partial charge in [-0.1, -0.05) is 0 Å². The number of nitrogens with zero attached hydrogens (tertiary/aromatic N) is 3. The Bertz CT molecular complexity index is 376. The van der Waals surface area contributed by atoms with Crippen LogP contribution in [0.4, 0.5) is 19.0 Å². The number of hydrogen-bond donors (Lipinski definition) is 1. The number of piperazine rings is 1. The van der Waals surface area contributed by atoms with Crippen LogP contribution in [0.3, 0.4) is 0 Å². The average molecular weight is 246 g/mol. The number of anilines is 1. The van der Waals surface area contributed by atoms with Crippen molar-refractivity contribution in [2.24, 2.45) is 0 Å². The molecule has 7 heteroatoms. The normalized spacial score (nSPS) is 21.6. The summed E-state index contributed by atoms with van der Waals surface area (Å²) in [4.78, 5) is 9.14. The van der Waals surface area contributed by atoms with Crippen molar-refractivity contribution in [3.63, 3.8) is 0 Å². The van der Waals surface area contributed by atoms with Crippen LogP contribution in [0.1, 0.15) is 12.6 Å². The number of nitrogens with one attached hydrogen (secondary N) is 1. The molecule has 0 saturated carbocycles. The van der Waals surface area contributed by atoms with Gasteiger partial charge in [0.25, 0.3) is 0 Å². The minimum absolute atomic E-state index is 0.299. The molecule has 0 aliphatic carbocycles. The zero-order valence-corrected chi connectivity index (χ0v) is 9.33. The lowest BCUT2D eigenvalue weighted by Gasteiger charge is -2.32. The van der Waals surface area contributed by atoms with Crippen molar-refractivity contribution >= 4 is 5.82 Å². The Morgan fingerprint density at radius 1 is 1.35 bits per heavy atom. The highest BCUT2D eigenvalue weighted by atomic mass is 19.4. The lowest BCUT2D eigenvalue weighted by molar-refractivity contribution is -0.141. The lowest BCUT2D eigenvalue weighted by atomic mass is 10.2. The average Bonchev–Trinajstić information content (AvgIpc) is 2.28. The van der Waals surface area contributed by atoms with E-state index in [2.05, 4.69) is 15.3 Å². The van der Waals surface area contributed by atoms with Crippen LogP contribution in [0, 0.1) is 0 Å². The van der Waals surface area contributed by atoms with Crippen molar-refractivity contribution in [1.82, 2.24) is 15.3 Å². The molecule has 0 amide bonds. The lowest BCUT2D eigenvalue weighted by Crippen LogP contribution is -2.49. The van der Waals surface area contributed by atoms with Gasteiger partial charge in [-0.2, -0.15) is 13.2 Å². The van der Waals surface area contributed by atoms with Gasteiger partial charge in [0, 0.05) is 25.7 Å². The van der Waals surface area contributed by atoms with Crippen LogP contribution in [0.2, 0.25) is 0 Å². The number of alkyl halides is 3. The van der Waals surface area contributed by atoms with Gasteiger partial charge >= 0.3 is 6.18 Å². The molecule has 1 aromatic heterocycles. The highest BCUT2D eigenvalue weighted by molar-refractivity contribution is 5.37. The Balaban J connectivity index is 2.12. The summed E-state index contributed by atoms with van der Waals surface area (Å²) in [7, 11) is 0. The molecule has 1 aromatic rings. The van der Waals surface area contributed by atoms with Crippen molar-refractivity contribution in [1.29, 1.82) is 0 Å². The second kappa shape index (κ2) is 4.48. The van der Waals surface area contributed by atoms with Gasteiger partial charge in [-0.25, -0.2) is 9.97 Å². The predicted molar refractivity (Wildman–Crippen MR) is 56.7 cm³/mol. The maximum Gasteiger partial charge on any atom is 0.434 e. The van der Waals surface area contributed by atoms with E-state index in [-0.39, 0.29) is 0 Å². The van der Waals surface area contributed by atoms with Gasteiger partial charge in [-0.15, -0.1) is 0 Å². The summed E-state index contributed by atoms with van der Waals surface area (Å²) in [6, 6.07) is 0.299. The summed E-state index contributed by atoms with van der Waals surface area (Å²) in [5.74, 6) is 0.492. The second-order valence-corrected chi connectivity index (χ2v) is 4.06. The van der Waals surface area contributed by atoms with Crippen LogP contribution >= 0.6 is 0 Å². The number of halogens is 3. The topological polar surface area (TPSA) is 41.1 Å². The van der Waals surface area contributed by atoms with Gasteiger partial charge in [0.1, 0.15) is 5.82 Å². The fourth-order valence-corrected chi connectivity index (χ4v) is 1.77. The van der Waals surface area contributed by atoms with Gasteiger partial charge < -0.3 is 10.2 Å². The molecule has 1 atom stereocenters. The predicted octanol–water partition coefficient (Wildman–Crippen LogP) is 1.29. The van der Waals surface area contributed by atoms with Gasteiger partial charge in [-0.3, -0.25) is 0 Å². The Morgan fingerprint density at radius 3 is 2.65 bits per heavy atom. The third-order valence-electron chi connectivity index (χ3n) is 2.62. The van der Waals surface area contributed by atoms with Crippen molar-refractivity contribution in [3.05, 3.63) is 18.1 Å². The molecule has 2 heterocycles. The summed E-state index contributed by atoms with van der Waals surface area (Å²) in [5.41, 5.74) is -0.954. The van der Waals surface area contributed by atoms with Crippen LogP contribution in [-0.2, 0) is 6.18 Å². The largest absolute Gasteiger partial charge is 0.434 e. The fourth-order valence-electron chi connectivity index (χ4n) is 1.77. The van der Waals surface area contributed by atoms with Crippen LogP contribution in [0.5, 0.6) is 0 Å².